The number of aromatic nitrogens is 4. The molecule has 0 bridgehead atoms. The molecule has 7 heteroatoms. The molecular weight excluding hydrogens is 246 g/mol. The van der Waals surface area contributed by atoms with Crippen LogP contribution < -0.4 is 5.32 Å². The predicted octanol–water partition coefficient (Wildman–Crippen LogP) is 1.59. The Morgan fingerprint density at radius 3 is 2.79 bits per heavy atom. The number of anilines is 1. The summed E-state index contributed by atoms with van der Waals surface area (Å²) in [5, 5.41) is 6.60. The lowest BCUT2D eigenvalue weighted by atomic mass is 10.3. The number of amides is 1. The summed E-state index contributed by atoms with van der Waals surface area (Å²) >= 11 is 0. The van der Waals surface area contributed by atoms with Crippen LogP contribution in [0.2, 0.25) is 0 Å². The van der Waals surface area contributed by atoms with Crippen LogP contribution in [0.4, 0.5) is 10.6 Å². The van der Waals surface area contributed by atoms with Crippen molar-refractivity contribution in [2.24, 2.45) is 7.05 Å². The molecule has 0 saturated heterocycles. The van der Waals surface area contributed by atoms with E-state index in [1.54, 1.807) is 17.1 Å². The van der Waals surface area contributed by atoms with Crippen LogP contribution in [0.15, 0.2) is 24.8 Å². The standard InChI is InChI=1S/C12H13N5O2/c1-17-7-8(4-15-17)10-5-14-11(6-13-10)16-12(18)19-9-2-3-9/h4-7,9H,2-3H2,1H3,(H,14,16,18). The molecule has 2 heterocycles. The molecule has 0 unspecified atom stereocenters. The van der Waals surface area contributed by atoms with Crippen molar-refractivity contribution < 1.29 is 9.53 Å². The van der Waals surface area contributed by atoms with Crippen molar-refractivity contribution in [1.82, 2.24) is 19.7 Å². The number of hydrogen-bond acceptors (Lipinski definition) is 5. The minimum atomic E-state index is -0.481. The highest BCUT2D eigenvalue weighted by Gasteiger charge is 2.26. The molecule has 0 aromatic carbocycles. The Morgan fingerprint density at radius 2 is 2.21 bits per heavy atom. The van der Waals surface area contributed by atoms with Crippen molar-refractivity contribution in [3.8, 4) is 11.3 Å². The maximum absolute atomic E-state index is 11.4. The average molecular weight is 259 g/mol. The second-order valence-corrected chi connectivity index (χ2v) is 4.42. The van der Waals surface area contributed by atoms with E-state index in [9.17, 15) is 4.79 Å². The summed E-state index contributed by atoms with van der Waals surface area (Å²) in [5.41, 5.74) is 1.58. The molecule has 0 spiro atoms. The van der Waals surface area contributed by atoms with Gasteiger partial charge in [0.25, 0.3) is 0 Å². The lowest BCUT2D eigenvalue weighted by Gasteiger charge is -2.04. The van der Waals surface area contributed by atoms with Crippen molar-refractivity contribution >= 4 is 11.9 Å². The molecule has 19 heavy (non-hydrogen) atoms. The van der Waals surface area contributed by atoms with Crippen LogP contribution in [-0.2, 0) is 11.8 Å². The third-order valence-corrected chi connectivity index (χ3v) is 2.68. The van der Waals surface area contributed by atoms with Gasteiger partial charge in [0.15, 0.2) is 5.82 Å². The normalized spacial score (nSPS) is 14.2. The van der Waals surface area contributed by atoms with Gasteiger partial charge in [0.2, 0.25) is 0 Å². The summed E-state index contributed by atoms with van der Waals surface area (Å²) in [6.45, 7) is 0. The average Bonchev–Trinajstić information content (AvgIpc) is 3.09. The van der Waals surface area contributed by atoms with Gasteiger partial charge in [-0.15, -0.1) is 0 Å². The van der Waals surface area contributed by atoms with Gasteiger partial charge in [-0.25, -0.2) is 9.78 Å². The van der Waals surface area contributed by atoms with E-state index >= 15 is 0 Å². The SMILES string of the molecule is Cn1cc(-c2cnc(NC(=O)OC3CC3)cn2)cn1. The zero-order chi connectivity index (χ0) is 13.2. The van der Waals surface area contributed by atoms with Gasteiger partial charge in [0.05, 0.1) is 24.3 Å². The smallest absolute Gasteiger partial charge is 0.413 e. The van der Waals surface area contributed by atoms with Crippen LogP contribution in [0.1, 0.15) is 12.8 Å². The van der Waals surface area contributed by atoms with Gasteiger partial charge in [0.1, 0.15) is 6.10 Å². The Hall–Kier alpha value is -2.44. The van der Waals surface area contributed by atoms with Crippen LogP contribution in [0.5, 0.6) is 0 Å². The number of carbonyl (C=O) groups is 1. The van der Waals surface area contributed by atoms with E-state index in [4.69, 9.17) is 4.74 Å². The summed E-state index contributed by atoms with van der Waals surface area (Å²) in [5.74, 6) is 0.373. The predicted molar refractivity (Wildman–Crippen MR) is 67.4 cm³/mol. The Labute approximate surface area is 109 Å². The van der Waals surface area contributed by atoms with E-state index in [1.165, 1.54) is 6.20 Å². The maximum Gasteiger partial charge on any atom is 0.413 e. The van der Waals surface area contributed by atoms with Crippen molar-refractivity contribution in [3.05, 3.63) is 24.8 Å². The van der Waals surface area contributed by atoms with Gasteiger partial charge >= 0.3 is 6.09 Å². The third-order valence-electron chi connectivity index (χ3n) is 2.68. The first kappa shape index (κ1) is 11.6. The molecule has 2 aromatic heterocycles. The third kappa shape index (κ3) is 2.87. The van der Waals surface area contributed by atoms with E-state index in [1.807, 2.05) is 13.2 Å². The lowest BCUT2D eigenvalue weighted by Crippen LogP contribution is -2.15. The Balaban J connectivity index is 1.66. The first-order valence-electron chi connectivity index (χ1n) is 5.99. The highest BCUT2D eigenvalue weighted by molar-refractivity contribution is 5.83. The van der Waals surface area contributed by atoms with Gasteiger partial charge in [0, 0.05) is 18.8 Å². The summed E-state index contributed by atoms with van der Waals surface area (Å²) in [6, 6.07) is 0. The topological polar surface area (TPSA) is 81.9 Å². The zero-order valence-electron chi connectivity index (χ0n) is 10.4. The van der Waals surface area contributed by atoms with Gasteiger partial charge in [-0.3, -0.25) is 15.0 Å². The minimum Gasteiger partial charge on any atom is -0.446 e. The summed E-state index contributed by atoms with van der Waals surface area (Å²) in [6.07, 6.45) is 8.11. The van der Waals surface area contributed by atoms with E-state index in [2.05, 4.69) is 20.4 Å². The van der Waals surface area contributed by atoms with E-state index < -0.39 is 6.09 Å². The highest BCUT2D eigenvalue weighted by Crippen LogP contribution is 2.24. The van der Waals surface area contributed by atoms with Crippen molar-refractivity contribution in [2.45, 2.75) is 18.9 Å². The van der Waals surface area contributed by atoms with Gasteiger partial charge < -0.3 is 4.74 Å². The number of nitrogens with zero attached hydrogens (tertiary/aromatic N) is 4. The first-order valence-corrected chi connectivity index (χ1v) is 5.99. The Kier molecular flexibility index (Phi) is 2.86. The van der Waals surface area contributed by atoms with Gasteiger partial charge in [-0.1, -0.05) is 0 Å². The lowest BCUT2D eigenvalue weighted by molar-refractivity contribution is 0.154. The summed E-state index contributed by atoms with van der Waals surface area (Å²) in [7, 11) is 1.83. The van der Waals surface area contributed by atoms with E-state index in [0.29, 0.717) is 11.5 Å². The molecule has 98 valence electrons. The monoisotopic (exact) mass is 259 g/mol. The molecule has 0 aliphatic heterocycles. The van der Waals surface area contributed by atoms with Crippen molar-refractivity contribution in [1.29, 1.82) is 0 Å². The molecule has 2 aromatic rings. The molecule has 1 N–H and O–H groups in total. The molecule has 1 fully saturated rings. The highest BCUT2D eigenvalue weighted by atomic mass is 16.6. The van der Waals surface area contributed by atoms with E-state index in [-0.39, 0.29) is 6.10 Å². The van der Waals surface area contributed by atoms with Crippen LogP contribution >= 0.6 is 0 Å². The molecule has 7 nitrogen and oxygen atoms in total. The molecule has 1 amide bonds. The second-order valence-electron chi connectivity index (χ2n) is 4.42. The molecule has 0 radical (unpaired) electrons. The van der Waals surface area contributed by atoms with Crippen LogP contribution in [-0.4, -0.2) is 31.9 Å². The van der Waals surface area contributed by atoms with Crippen molar-refractivity contribution in [2.75, 3.05) is 5.32 Å². The first-order chi connectivity index (χ1) is 9.20. The number of carbonyl (C=O) groups excluding carboxylic acids is 1. The molecule has 0 atom stereocenters. The molecule has 1 aliphatic rings. The fraction of sp³-hybridized carbons (Fsp3) is 0.333. The number of ether oxygens (including phenoxy) is 1. The molecule has 1 saturated carbocycles. The largest absolute Gasteiger partial charge is 0.446 e. The molecular formula is C12H13N5O2. The number of nitrogens with one attached hydrogen (secondary N) is 1. The number of aryl methyl sites for hydroxylation is 1. The maximum atomic E-state index is 11.4. The number of rotatable bonds is 3. The fourth-order valence-electron chi connectivity index (χ4n) is 1.57. The summed E-state index contributed by atoms with van der Waals surface area (Å²) < 4.78 is 6.74. The van der Waals surface area contributed by atoms with Gasteiger partial charge in [-0.2, -0.15) is 5.10 Å². The quantitative estimate of drug-likeness (QED) is 0.905. The minimum absolute atomic E-state index is 0.0719. The Morgan fingerprint density at radius 1 is 1.37 bits per heavy atom. The van der Waals surface area contributed by atoms with Gasteiger partial charge in [-0.05, 0) is 12.8 Å². The van der Waals surface area contributed by atoms with Crippen LogP contribution in [0, 0.1) is 0 Å². The zero-order valence-corrected chi connectivity index (χ0v) is 10.4. The summed E-state index contributed by atoms with van der Waals surface area (Å²) in [4.78, 5) is 19.8. The van der Waals surface area contributed by atoms with Crippen molar-refractivity contribution in [3.63, 3.8) is 0 Å². The Bertz CT molecular complexity index is 588. The van der Waals surface area contributed by atoms with E-state index in [0.717, 1.165) is 18.4 Å². The number of hydrogen-bond donors (Lipinski definition) is 1. The molecule has 1 aliphatic carbocycles. The molecule has 3 rings (SSSR count). The second kappa shape index (κ2) is 4.68. The van der Waals surface area contributed by atoms with Crippen LogP contribution in [0.25, 0.3) is 11.3 Å². The van der Waals surface area contributed by atoms with Crippen LogP contribution in [0.3, 0.4) is 0 Å². The fourth-order valence-corrected chi connectivity index (χ4v) is 1.57.